The van der Waals surface area contributed by atoms with Crippen molar-refractivity contribution in [2.24, 2.45) is 16.7 Å². The zero-order valence-electron chi connectivity index (χ0n) is 11.4. The second-order valence-electron chi connectivity index (χ2n) is 7.49. The van der Waals surface area contributed by atoms with Crippen molar-refractivity contribution in [2.75, 3.05) is 0 Å². The van der Waals surface area contributed by atoms with Gasteiger partial charge in [0.15, 0.2) is 0 Å². The third-order valence-electron chi connectivity index (χ3n) is 6.08. The van der Waals surface area contributed by atoms with E-state index in [1.54, 1.807) is 0 Å². The highest BCUT2D eigenvalue weighted by Crippen LogP contribution is 2.65. The maximum absolute atomic E-state index is 10.8. The fraction of sp³-hybridized carbons (Fsp3) is 0.867. The molecular weight excluding hydrogens is 212 g/mol. The second kappa shape index (κ2) is 2.97. The van der Waals surface area contributed by atoms with E-state index in [9.17, 15) is 10.2 Å². The van der Waals surface area contributed by atoms with Crippen LogP contribution in [0.25, 0.3) is 0 Å². The Balaban J connectivity index is 2.09. The van der Waals surface area contributed by atoms with Crippen molar-refractivity contribution in [1.82, 2.24) is 0 Å². The van der Waals surface area contributed by atoms with E-state index in [1.807, 2.05) is 0 Å². The molecular formula is C15H24O2. The SMILES string of the molecule is CC1=C2CC(C)(C)C(O)C2CC2(C)CCC12O. The summed E-state index contributed by atoms with van der Waals surface area (Å²) in [6.07, 6.45) is 3.67. The number of rotatable bonds is 0. The van der Waals surface area contributed by atoms with Crippen LogP contribution < -0.4 is 0 Å². The molecule has 2 saturated carbocycles. The summed E-state index contributed by atoms with van der Waals surface area (Å²) in [5.74, 6) is 0.288. The van der Waals surface area contributed by atoms with Crippen LogP contribution in [0.3, 0.4) is 0 Å². The van der Waals surface area contributed by atoms with Gasteiger partial charge in [0.25, 0.3) is 0 Å². The lowest BCUT2D eigenvalue weighted by Crippen LogP contribution is -2.60. The summed E-state index contributed by atoms with van der Waals surface area (Å²) >= 11 is 0. The fourth-order valence-electron chi connectivity index (χ4n) is 4.56. The van der Waals surface area contributed by atoms with Gasteiger partial charge in [0, 0.05) is 11.3 Å². The van der Waals surface area contributed by atoms with Crippen molar-refractivity contribution in [3.63, 3.8) is 0 Å². The molecule has 0 radical (unpaired) electrons. The Kier molecular flexibility index (Phi) is 2.05. The Labute approximate surface area is 104 Å². The van der Waals surface area contributed by atoms with Gasteiger partial charge in [0.05, 0.1) is 11.7 Å². The molecule has 2 N–H and O–H groups in total. The van der Waals surface area contributed by atoms with Crippen LogP contribution >= 0.6 is 0 Å². The molecule has 4 atom stereocenters. The Morgan fingerprint density at radius 2 is 1.82 bits per heavy atom. The van der Waals surface area contributed by atoms with Gasteiger partial charge in [0.2, 0.25) is 0 Å². The van der Waals surface area contributed by atoms with E-state index in [0.717, 1.165) is 25.7 Å². The van der Waals surface area contributed by atoms with Gasteiger partial charge in [-0.25, -0.2) is 0 Å². The lowest BCUT2D eigenvalue weighted by molar-refractivity contribution is -0.152. The third-order valence-corrected chi connectivity index (χ3v) is 6.08. The first kappa shape index (κ1) is 11.7. The standard InChI is InChI=1S/C15H24O2/c1-9-10-7-13(2,3)12(16)11(10)8-14(4)5-6-15(9,14)17/h11-12,16-17H,5-8H2,1-4H3. The molecule has 0 bridgehead atoms. The Morgan fingerprint density at radius 3 is 2.35 bits per heavy atom. The van der Waals surface area contributed by atoms with Gasteiger partial charge >= 0.3 is 0 Å². The average Bonchev–Trinajstić information content (AvgIpc) is 2.48. The van der Waals surface area contributed by atoms with Crippen LogP contribution in [-0.2, 0) is 0 Å². The minimum atomic E-state index is -0.570. The highest BCUT2D eigenvalue weighted by atomic mass is 16.3. The molecule has 3 aliphatic carbocycles. The van der Waals surface area contributed by atoms with Gasteiger partial charge < -0.3 is 10.2 Å². The van der Waals surface area contributed by atoms with Crippen LogP contribution in [0, 0.1) is 16.7 Å². The highest BCUT2D eigenvalue weighted by molar-refractivity contribution is 5.39. The summed E-state index contributed by atoms with van der Waals surface area (Å²) in [6.45, 7) is 8.57. The molecule has 2 nitrogen and oxygen atoms in total. The maximum Gasteiger partial charge on any atom is 0.0910 e. The van der Waals surface area contributed by atoms with Gasteiger partial charge in [-0.2, -0.15) is 0 Å². The molecule has 17 heavy (non-hydrogen) atoms. The van der Waals surface area contributed by atoms with Crippen molar-refractivity contribution in [2.45, 2.75) is 65.1 Å². The van der Waals surface area contributed by atoms with Crippen LogP contribution in [0.5, 0.6) is 0 Å². The van der Waals surface area contributed by atoms with Crippen LogP contribution in [0.1, 0.15) is 53.4 Å². The number of aliphatic hydroxyl groups excluding tert-OH is 1. The normalized spacial score (nSPS) is 51.9. The van der Waals surface area contributed by atoms with E-state index in [1.165, 1.54) is 11.1 Å². The van der Waals surface area contributed by atoms with Crippen LogP contribution in [0.15, 0.2) is 11.1 Å². The first-order chi connectivity index (χ1) is 7.71. The van der Waals surface area contributed by atoms with Gasteiger partial charge in [-0.1, -0.05) is 26.3 Å². The molecule has 0 aromatic rings. The lowest BCUT2D eigenvalue weighted by Gasteiger charge is -2.60. The van der Waals surface area contributed by atoms with E-state index < -0.39 is 5.60 Å². The first-order valence-corrected chi connectivity index (χ1v) is 6.82. The minimum Gasteiger partial charge on any atom is -0.392 e. The van der Waals surface area contributed by atoms with Gasteiger partial charge in [-0.15, -0.1) is 0 Å². The number of hydrogen-bond acceptors (Lipinski definition) is 2. The summed E-state index contributed by atoms with van der Waals surface area (Å²) in [7, 11) is 0. The molecule has 0 heterocycles. The van der Waals surface area contributed by atoms with Crippen LogP contribution in [-0.4, -0.2) is 21.9 Å². The molecule has 3 aliphatic rings. The number of hydrogen-bond donors (Lipinski definition) is 2. The van der Waals surface area contributed by atoms with E-state index in [4.69, 9.17) is 0 Å². The molecule has 3 rings (SSSR count). The fourth-order valence-corrected chi connectivity index (χ4v) is 4.56. The molecule has 0 amide bonds. The average molecular weight is 236 g/mol. The Bertz CT molecular complexity index is 409. The van der Waals surface area contributed by atoms with Crippen molar-refractivity contribution in [1.29, 1.82) is 0 Å². The summed E-state index contributed by atoms with van der Waals surface area (Å²) in [4.78, 5) is 0. The Hall–Kier alpha value is -0.340. The largest absolute Gasteiger partial charge is 0.392 e. The van der Waals surface area contributed by atoms with Crippen LogP contribution in [0.4, 0.5) is 0 Å². The zero-order valence-corrected chi connectivity index (χ0v) is 11.4. The van der Waals surface area contributed by atoms with Crippen LogP contribution in [0.2, 0.25) is 0 Å². The molecule has 2 heteroatoms. The smallest absolute Gasteiger partial charge is 0.0910 e. The predicted octanol–water partition coefficient (Wildman–Crippen LogP) is 2.64. The maximum atomic E-state index is 10.8. The molecule has 4 unspecified atom stereocenters. The molecule has 2 fully saturated rings. The molecule has 0 spiro atoms. The topological polar surface area (TPSA) is 40.5 Å². The number of fused-ring (bicyclic) bond motifs is 2. The Morgan fingerprint density at radius 1 is 1.18 bits per heavy atom. The molecule has 0 aliphatic heterocycles. The van der Waals surface area contributed by atoms with Gasteiger partial charge in [-0.3, -0.25) is 0 Å². The molecule has 0 aromatic carbocycles. The summed E-state index contributed by atoms with van der Waals surface area (Å²) in [5.41, 5.74) is 1.93. The van der Waals surface area contributed by atoms with Gasteiger partial charge in [-0.05, 0) is 43.6 Å². The quantitative estimate of drug-likeness (QED) is 0.635. The predicted molar refractivity (Wildman–Crippen MR) is 67.5 cm³/mol. The first-order valence-electron chi connectivity index (χ1n) is 6.82. The molecule has 0 saturated heterocycles. The summed E-state index contributed by atoms with van der Waals surface area (Å²) in [5, 5.41) is 21.3. The summed E-state index contributed by atoms with van der Waals surface area (Å²) < 4.78 is 0. The van der Waals surface area contributed by atoms with Gasteiger partial charge in [0.1, 0.15) is 0 Å². The minimum absolute atomic E-state index is 0.00660. The monoisotopic (exact) mass is 236 g/mol. The van der Waals surface area contributed by atoms with Crippen molar-refractivity contribution in [3.05, 3.63) is 11.1 Å². The van der Waals surface area contributed by atoms with E-state index in [0.29, 0.717) is 0 Å². The second-order valence-corrected chi connectivity index (χ2v) is 7.49. The van der Waals surface area contributed by atoms with Crippen molar-refractivity contribution < 1.29 is 10.2 Å². The highest BCUT2D eigenvalue weighted by Gasteiger charge is 2.63. The van der Waals surface area contributed by atoms with E-state index in [2.05, 4.69) is 27.7 Å². The van der Waals surface area contributed by atoms with Crippen molar-refractivity contribution in [3.8, 4) is 0 Å². The summed E-state index contributed by atoms with van der Waals surface area (Å²) in [6, 6.07) is 0. The zero-order chi connectivity index (χ0) is 12.6. The lowest BCUT2D eigenvalue weighted by atomic mass is 9.48. The molecule has 96 valence electrons. The third kappa shape index (κ3) is 1.18. The van der Waals surface area contributed by atoms with E-state index in [-0.39, 0.29) is 22.9 Å². The molecule has 0 aromatic heterocycles. The van der Waals surface area contributed by atoms with Crippen molar-refractivity contribution >= 4 is 0 Å². The number of aliphatic hydroxyl groups is 2. The van der Waals surface area contributed by atoms with E-state index >= 15 is 0 Å².